The smallest absolute Gasteiger partial charge is 0.337 e. The van der Waals surface area contributed by atoms with E-state index in [1.54, 1.807) is 0 Å². The number of carboxylic acids is 1. The van der Waals surface area contributed by atoms with Gasteiger partial charge in [0.15, 0.2) is 0 Å². The highest BCUT2D eigenvalue weighted by Crippen LogP contribution is 2.27. The zero-order chi connectivity index (χ0) is 14.8. The van der Waals surface area contributed by atoms with Crippen LogP contribution in [0.5, 0.6) is 0 Å². The topological polar surface area (TPSA) is 83.5 Å². The molecule has 2 rings (SSSR count). The molecule has 1 aromatic carbocycles. The second-order valence-electron chi connectivity index (χ2n) is 4.87. The molecule has 7 heteroatoms. The largest absolute Gasteiger partial charge is 0.478 e. The number of para-hydroxylation sites is 1. The molecule has 1 aliphatic carbocycles. The van der Waals surface area contributed by atoms with Gasteiger partial charge in [0.2, 0.25) is 10.0 Å². The molecule has 0 bridgehead atoms. The average Bonchev–Trinajstić information content (AvgIpc) is 2.41. The van der Waals surface area contributed by atoms with Crippen molar-refractivity contribution in [2.24, 2.45) is 0 Å². The zero-order valence-corrected chi connectivity index (χ0v) is 11.6. The summed E-state index contributed by atoms with van der Waals surface area (Å²) in [6.07, 6.45) is 3.66. The van der Waals surface area contributed by atoms with Crippen molar-refractivity contribution in [2.75, 3.05) is 4.72 Å². The Labute approximate surface area is 116 Å². The van der Waals surface area contributed by atoms with Crippen molar-refractivity contribution in [3.8, 4) is 0 Å². The van der Waals surface area contributed by atoms with Crippen LogP contribution >= 0.6 is 0 Å². The summed E-state index contributed by atoms with van der Waals surface area (Å²) in [7, 11) is -3.77. The number of hydrogen-bond acceptors (Lipinski definition) is 3. The summed E-state index contributed by atoms with van der Waals surface area (Å²) in [6.45, 7) is 0. The van der Waals surface area contributed by atoms with Crippen LogP contribution in [-0.2, 0) is 10.0 Å². The Morgan fingerprint density at radius 3 is 2.50 bits per heavy atom. The molecule has 0 aliphatic heterocycles. The van der Waals surface area contributed by atoms with Crippen LogP contribution in [0.4, 0.5) is 10.1 Å². The Hall–Kier alpha value is -1.63. The van der Waals surface area contributed by atoms with E-state index in [0.717, 1.165) is 25.3 Å². The number of carboxylic acid groups (broad SMARTS) is 1. The first-order valence-corrected chi connectivity index (χ1v) is 8.00. The maximum atomic E-state index is 13.7. The molecule has 1 aliphatic rings. The summed E-state index contributed by atoms with van der Waals surface area (Å²) in [5, 5.41) is 8.41. The lowest BCUT2D eigenvalue weighted by molar-refractivity contribution is 0.0697. The molecular weight excluding hydrogens is 285 g/mol. The lowest BCUT2D eigenvalue weighted by Crippen LogP contribution is -2.30. The van der Waals surface area contributed by atoms with E-state index in [0.29, 0.717) is 12.8 Å². The van der Waals surface area contributed by atoms with Crippen molar-refractivity contribution in [2.45, 2.75) is 37.4 Å². The molecule has 1 aromatic rings. The van der Waals surface area contributed by atoms with Crippen LogP contribution < -0.4 is 4.72 Å². The molecule has 0 atom stereocenters. The van der Waals surface area contributed by atoms with Gasteiger partial charge in [0.25, 0.3) is 0 Å². The fraction of sp³-hybridized carbons (Fsp3) is 0.462. The first-order chi connectivity index (χ1) is 9.42. The number of carbonyl (C=O) groups is 1. The highest BCUT2D eigenvalue weighted by molar-refractivity contribution is 7.93. The Morgan fingerprint density at radius 1 is 1.25 bits per heavy atom. The summed E-state index contributed by atoms with van der Waals surface area (Å²) in [4.78, 5) is 11.0. The fourth-order valence-electron chi connectivity index (χ4n) is 2.41. The molecule has 5 nitrogen and oxygen atoms in total. The van der Waals surface area contributed by atoms with Gasteiger partial charge in [-0.3, -0.25) is 4.72 Å². The van der Waals surface area contributed by atoms with E-state index < -0.39 is 32.7 Å². The van der Waals surface area contributed by atoms with Crippen molar-refractivity contribution < 1.29 is 22.7 Å². The lowest BCUT2D eigenvalue weighted by Gasteiger charge is -2.23. The third-order valence-corrected chi connectivity index (χ3v) is 5.32. The Bertz CT molecular complexity index is 609. The number of anilines is 1. The van der Waals surface area contributed by atoms with Gasteiger partial charge in [-0.15, -0.1) is 0 Å². The molecule has 0 spiro atoms. The monoisotopic (exact) mass is 301 g/mol. The molecule has 0 aromatic heterocycles. The number of nitrogens with one attached hydrogen (secondary N) is 1. The van der Waals surface area contributed by atoms with E-state index in [1.807, 2.05) is 0 Å². The predicted octanol–water partition coefficient (Wildman–Crippen LogP) is 2.60. The molecule has 1 saturated carbocycles. The van der Waals surface area contributed by atoms with Crippen LogP contribution in [0.1, 0.15) is 42.5 Å². The number of halogens is 1. The highest BCUT2D eigenvalue weighted by atomic mass is 32.2. The van der Waals surface area contributed by atoms with E-state index >= 15 is 0 Å². The standard InChI is InChI=1S/C13H16FNO4S/c14-11-8-4-7-10(13(16)17)12(11)15-20(18,19)9-5-2-1-3-6-9/h4,7-9,15H,1-3,5-6H2,(H,16,17). The van der Waals surface area contributed by atoms with Gasteiger partial charge in [0.1, 0.15) is 5.82 Å². The van der Waals surface area contributed by atoms with Crippen LogP contribution in [0.25, 0.3) is 0 Å². The molecule has 0 radical (unpaired) electrons. The first-order valence-electron chi connectivity index (χ1n) is 6.45. The van der Waals surface area contributed by atoms with Crippen LogP contribution in [-0.4, -0.2) is 24.7 Å². The maximum absolute atomic E-state index is 13.7. The van der Waals surface area contributed by atoms with Gasteiger partial charge in [-0.25, -0.2) is 17.6 Å². The molecule has 1 fully saturated rings. The maximum Gasteiger partial charge on any atom is 0.337 e. The molecule has 0 heterocycles. The van der Waals surface area contributed by atoms with E-state index in [-0.39, 0.29) is 5.56 Å². The van der Waals surface area contributed by atoms with Gasteiger partial charge in [0, 0.05) is 0 Å². The summed E-state index contributed by atoms with van der Waals surface area (Å²) >= 11 is 0. The highest BCUT2D eigenvalue weighted by Gasteiger charge is 2.29. The quantitative estimate of drug-likeness (QED) is 0.895. The average molecular weight is 301 g/mol. The van der Waals surface area contributed by atoms with Gasteiger partial charge in [0.05, 0.1) is 16.5 Å². The summed E-state index contributed by atoms with van der Waals surface area (Å²) in [6, 6.07) is 3.44. The zero-order valence-electron chi connectivity index (χ0n) is 10.8. The van der Waals surface area contributed by atoms with Crippen molar-refractivity contribution in [1.29, 1.82) is 0 Å². The minimum atomic E-state index is -3.77. The van der Waals surface area contributed by atoms with Crippen LogP contribution in [0.2, 0.25) is 0 Å². The molecule has 0 saturated heterocycles. The molecule has 2 N–H and O–H groups in total. The Morgan fingerprint density at radius 2 is 1.90 bits per heavy atom. The minimum absolute atomic E-state index is 0.385. The Kier molecular flexibility index (Phi) is 4.27. The van der Waals surface area contributed by atoms with Gasteiger partial charge >= 0.3 is 5.97 Å². The van der Waals surface area contributed by atoms with Crippen LogP contribution in [0.3, 0.4) is 0 Å². The van der Waals surface area contributed by atoms with Crippen molar-refractivity contribution in [3.63, 3.8) is 0 Å². The minimum Gasteiger partial charge on any atom is -0.478 e. The second-order valence-corrected chi connectivity index (χ2v) is 6.84. The van der Waals surface area contributed by atoms with Gasteiger partial charge in [-0.05, 0) is 25.0 Å². The van der Waals surface area contributed by atoms with Gasteiger partial charge in [-0.2, -0.15) is 0 Å². The normalized spacial score (nSPS) is 16.9. The van der Waals surface area contributed by atoms with E-state index in [2.05, 4.69) is 4.72 Å². The number of sulfonamides is 1. The lowest BCUT2D eigenvalue weighted by atomic mass is 10.0. The fourth-order valence-corrected chi connectivity index (χ4v) is 4.02. The summed E-state index contributed by atoms with van der Waals surface area (Å²) in [5.74, 6) is -2.25. The number of aromatic carboxylic acids is 1. The first kappa shape index (κ1) is 14.8. The van der Waals surface area contributed by atoms with Crippen molar-refractivity contribution >= 4 is 21.7 Å². The third-order valence-electron chi connectivity index (χ3n) is 3.48. The predicted molar refractivity (Wildman–Crippen MR) is 72.8 cm³/mol. The van der Waals surface area contributed by atoms with E-state index in [4.69, 9.17) is 5.11 Å². The molecule has 110 valence electrons. The Balaban J connectivity index is 2.31. The number of rotatable bonds is 4. The second kappa shape index (κ2) is 5.78. The van der Waals surface area contributed by atoms with E-state index in [9.17, 15) is 17.6 Å². The SMILES string of the molecule is O=C(O)c1cccc(F)c1NS(=O)(=O)C1CCCCC1. The third kappa shape index (κ3) is 3.09. The number of hydrogen-bond donors (Lipinski definition) is 2. The summed E-state index contributed by atoms with van der Waals surface area (Å²) < 4.78 is 40.3. The van der Waals surface area contributed by atoms with Crippen LogP contribution in [0.15, 0.2) is 18.2 Å². The molecule has 20 heavy (non-hydrogen) atoms. The van der Waals surface area contributed by atoms with Gasteiger partial charge in [-0.1, -0.05) is 25.3 Å². The van der Waals surface area contributed by atoms with Crippen molar-refractivity contribution in [1.82, 2.24) is 0 Å². The van der Waals surface area contributed by atoms with Crippen molar-refractivity contribution in [3.05, 3.63) is 29.6 Å². The number of benzene rings is 1. The van der Waals surface area contributed by atoms with Gasteiger partial charge < -0.3 is 5.11 Å². The molecular formula is C13H16FNO4S. The van der Waals surface area contributed by atoms with Crippen LogP contribution in [0, 0.1) is 5.82 Å². The van der Waals surface area contributed by atoms with E-state index in [1.165, 1.54) is 12.1 Å². The molecule has 0 amide bonds. The molecule has 0 unspecified atom stereocenters. The summed E-state index contributed by atoms with van der Waals surface area (Å²) in [5.41, 5.74) is -0.866.